The molecule has 0 amide bonds. The first-order valence-electron chi connectivity index (χ1n) is 4.80. The molecule has 0 bridgehead atoms. The fraction of sp³-hybridized carbons (Fsp3) is 0.364. The lowest BCUT2D eigenvalue weighted by atomic mass is 10.1. The molecule has 1 aromatic carbocycles. The van der Waals surface area contributed by atoms with Crippen molar-refractivity contribution in [3.8, 4) is 0 Å². The molecule has 3 nitrogen and oxygen atoms in total. The van der Waals surface area contributed by atoms with Gasteiger partial charge in [-0.1, -0.05) is 23.7 Å². The van der Waals surface area contributed by atoms with Crippen LogP contribution in [0.1, 0.15) is 12.5 Å². The van der Waals surface area contributed by atoms with E-state index >= 15 is 0 Å². The molecule has 0 saturated heterocycles. The fourth-order valence-electron chi connectivity index (χ4n) is 1.21. The minimum Gasteiger partial charge on any atom is -0.465 e. The zero-order valence-electron chi connectivity index (χ0n) is 8.98. The van der Waals surface area contributed by atoms with Gasteiger partial charge in [-0.15, -0.1) is 12.4 Å². The Morgan fingerprint density at radius 2 is 2.00 bits per heavy atom. The van der Waals surface area contributed by atoms with E-state index in [1.807, 2.05) is 12.1 Å². The molecule has 0 spiro atoms. The molecule has 0 aliphatic carbocycles. The normalized spacial score (nSPS) is 11.4. The smallest absolute Gasteiger partial charge is 0.323 e. The van der Waals surface area contributed by atoms with E-state index in [0.29, 0.717) is 18.1 Å². The zero-order valence-corrected chi connectivity index (χ0v) is 10.6. The van der Waals surface area contributed by atoms with Gasteiger partial charge in [0.15, 0.2) is 0 Å². The van der Waals surface area contributed by atoms with Crippen molar-refractivity contribution in [3.63, 3.8) is 0 Å². The largest absolute Gasteiger partial charge is 0.465 e. The van der Waals surface area contributed by atoms with E-state index in [1.165, 1.54) is 0 Å². The Bertz CT molecular complexity index is 327. The van der Waals surface area contributed by atoms with Crippen LogP contribution in [0.4, 0.5) is 0 Å². The second kappa shape index (κ2) is 7.49. The summed E-state index contributed by atoms with van der Waals surface area (Å²) in [5.41, 5.74) is 6.64. The molecule has 0 heterocycles. The van der Waals surface area contributed by atoms with Crippen molar-refractivity contribution in [3.05, 3.63) is 34.9 Å². The number of benzene rings is 1. The van der Waals surface area contributed by atoms with Crippen molar-refractivity contribution in [1.29, 1.82) is 0 Å². The predicted octanol–water partition coefficient (Wildman–Crippen LogP) is 2.19. The summed E-state index contributed by atoms with van der Waals surface area (Å²) >= 11 is 5.74. The van der Waals surface area contributed by atoms with E-state index < -0.39 is 6.04 Å². The molecular formula is C11H15Cl2NO2. The van der Waals surface area contributed by atoms with Gasteiger partial charge in [0, 0.05) is 5.02 Å². The number of ether oxygens (including phenoxy) is 1. The Labute approximate surface area is 106 Å². The number of carbonyl (C=O) groups excluding carboxylic acids is 1. The number of esters is 1. The number of carbonyl (C=O) groups is 1. The van der Waals surface area contributed by atoms with Crippen LogP contribution in [0.3, 0.4) is 0 Å². The monoisotopic (exact) mass is 263 g/mol. The topological polar surface area (TPSA) is 52.3 Å². The van der Waals surface area contributed by atoms with Crippen LogP contribution in [0, 0.1) is 0 Å². The lowest BCUT2D eigenvalue weighted by Gasteiger charge is -2.10. The maximum absolute atomic E-state index is 11.2. The van der Waals surface area contributed by atoms with Gasteiger partial charge in [0.2, 0.25) is 0 Å². The Kier molecular flexibility index (Phi) is 7.13. The molecule has 90 valence electrons. The van der Waals surface area contributed by atoms with Gasteiger partial charge in [-0.05, 0) is 31.0 Å². The lowest BCUT2D eigenvalue weighted by molar-refractivity contribution is -0.144. The summed E-state index contributed by atoms with van der Waals surface area (Å²) in [7, 11) is 0. The van der Waals surface area contributed by atoms with Gasteiger partial charge in [-0.25, -0.2) is 0 Å². The van der Waals surface area contributed by atoms with Crippen LogP contribution >= 0.6 is 24.0 Å². The van der Waals surface area contributed by atoms with Crippen LogP contribution in [0.15, 0.2) is 24.3 Å². The van der Waals surface area contributed by atoms with Crippen LogP contribution in [0.25, 0.3) is 0 Å². The molecule has 5 heteroatoms. The van der Waals surface area contributed by atoms with Gasteiger partial charge in [0.05, 0.1) is 6.61 Å². The Morgan fingerprint density at radius 1 is 1.44 bits per heavy atom. The van der Waals surface area contributed by atoms with Crippen molar-refractivity contribution < 1.29 is 9.53 Å². The summed E-state index contributed by atoms with van der Waals surface area (Å²) in [4.78, 5) is 11.2. The molecule has 0 aromatic heterocycles. The van der Waals surface area contributed by atoms with Crippen molar-refractivity contribution >= 4 is 30.0 Å². The molecule has 1 rings (SSSR count). The Hall–Kier alpha value is -0.770. The third-order valence-electron chi connectivity index (χ3n) is 1.96. The number of halogens is 2. The zero-order chi connectivity index (χ0) is 11.3. The van der Waals surface area contributed by atoms with Crippen LogP contribution in [-0.2, 0) is 16.0 Å². The standard InChI is InChI=1S/C11H14ClNO2.ClH/c1-2-15-11(14)10(13)7-8-3-5-9(12)6-4-8;/h3-6,10H,2,7,13H2,1H3;1H/t10-;/m0./s1. The van der Waals surface area contributed by atoms with Gasteiger partial charge >= 0.3 is 5.97 Å². The maximum atomic E-state index is 11.2. The summed E-state index contributed by atoms with van der Waals surface area (Å²) in [5.74, 6) is -0.368. The van der Waals surface area contributed by atoms with Gasteiger partial charge < -0.3 is 10.5 Å². The van der Waals surface area contributed by atoms with Gasteiger partial charge in [0.1, 0.15) is 6.04 Å². The van der Waals surface area contributed by atoms with E-state index in [4.69, 9.17) is 22.1 Å². The summed E-state index contributed by atoms with van der Waals surface area (Å²) < 4.78 is 4.81. The van der Waals surface area contributed by atoms with Crippen molar-refractivity contribution in [2.24, 2.45) is 5.73 Å². The maximum Gasteiger partial charge on any atom is 0.323 e. The molecular weight excluding hydrogens is 249 g/mol. The highest BCUT2D eigenvalue weighted by molar-refractivity contribution is 6.30. The highest BCUT2D eigenvalue weighted by Crippen LogP contribution is 2.10. The van der Waals surface area contributed by atoms with E-state index in [2.05, 4.69) is 0 Å². The first-order valence-corrected chi connectivity index (χ1v) is 5.18. The molecule has 0 saturated carbocycles. The highest BCUT2D eigenvalue weighted by atomic mass is 35.5. The first kappa shape index (κ1) is 15.2. The summed E-state index contributed by atoms with van der Waals surface area (Å²) in [6, 6.07) is 6.64. The van der Waals surface area contributed by atoms with Crippen molar-refractivity contribution in [2.75, 3.05) is 6.61 Å². The SMILES string of the molecule is CCOC(=O)[C@@H](N)Cc1ccc(Cl)cc1.Cl. The number of hydrogen-bond acceptors (Lipinski definition) is 3. The predicted molar refractivity (Wildman–Crippen MR) is 67.0 cm³/mol. The average Bonchev–Trinajstić information content (AvgIpc) is 2.22. The van der Waals surface area contributed by atoms with Gasteiger partial charge in [-0.2, -0.15) is 0 Å². The fourth-order valence-corrected chi connectivity index (χ4v) is 1.33. The van der Waals surface area contributed by atoms with Crippen LogP contribution in [-0.4, -0.2) is 18.6 Å². The van der Waals surface area contributed by atoms with Crippen molar-refractivity contribution in [1.82, 2.24) is 0 Å². The van der Waals surface area contributed by atoms with Gasteiger partial charge in [-0.3, -0.25) is 4.79 Å². The van der Waals surface area contributed by atoms with Gasteiger partial charge in [0.25, 0.3) is 0 Å². The first-order chi connectivity index (χ1) is 7.13. The molecule has 0 aliphatic heterocycles. The number of nitrogens with two attached hydrogens (primary N) is 1. The van der Waals surface area contributed by atoms with Crippen LogP contribution < -0.4 is 5.73 Å². The molecule has 0 aliphatic rings. The molecule has 1 atom stereocenters. The summed E-state index contributed by atoms with van der Waals surface area (Å²) in [6.07, 6.45) is 0.468. The van der Waals surface area contributed by atoms with Crippen LogP contribution in [0.2, 0.25) is 5.02 Å². The second-order valence-corrected chi connectivity index (χ2v) is 3.63. The Balaban J connectivity index is 0.00000225. The molecule has 0 unspecified atom stereocenters. The van der Waals surface area contributed by atoms with Crippen molar-refractivity contribution in [2.45, 2.75) is 19.4 Å². The Morgan fingerprint density at radius 3 is 2.50 bits per heavy atom. The summed E-state index contributed by atoms with van der Waals surface area (Å²) in [6.45, 7) is 2.11. The quantitative estimate of drug-likeness (QED) is 0.848. The third-order valence-corrected chi connectivity index (χ3v) is 2.21. The minimum atomic E-state index is -0.605. The van der Waals surface area contributed by atoms with E-state index in [0.717, 1.165) is 5.56 Å². The third kappa shape index (κ3) is 4.84. The van der Waals surface area contributed by atoms with E-state index in [-0.39, 0.29) is 18.4 Å². The van der Waals surface area contributed by atoms with Crippen LogP contribution in [0.5, 0.6) is 0 Å². The second-order valence-electron chi connectivity index (χ2n) is 3.19. The molecule has 0 radical (unpaired) electrons. The van der Waals surface area contributed by atoms with E-state index in [9.17, 15) is 4.79 Å². The molecule has 1 aromatic rings. The highest BCUT2D eigenvalue weighted by Gasteiger charge is 2.14. The van der Waals surface area contributed by atoms with E-state index in [1.54, 1.807) is 19.1 Å². The molecule has 2 N–H and O–H groups in total. The average molecular weight is 264 g/mol. The lowest BCUT2D eigenvalue weighted by Crippen LogP contribution is -2.34. The molecule has 0 fully saturated rings. The number of rotatable bonds is 4. The summed E-state index contributed by atoms with van der Waals surface area (Å²) in [5, 5.41) is 0.670. The minimum absolute atomic E-state index is 0. The number of hydrogen-bond donors (Lipinski definition) is 1. The molecule has 16 heavy (non-hydrogen) atoms.